The molecule has 132 valence electrons. The predicted octanol–water partition coefficient (Wildman–Crippen LogP) is 2.30. The van der Waals surface area contributed by atoms with E-state index >= 15 is 0 Å². The Morgan fingerprint density at radius 3 is 2.62 bits per heavy atom. The van der Waals surface area contributed by atoms with E-state index in [0.29, 0.717) is 13.0 Å². The number of carbonyl (C=O) groups is 2. The maximum Gasteiger partial charge on any atom is 0.397 e. The first-order valence-electron chi connectivity index (χ1n) is 7.81. The molecule has 1 aliphatic heterocycles. The predicted molar refractivity (Wildman–Crippen MR) is 82.4 cm³/mol. The van der Waals surface area contributed by atoms with Gasteiger partial charge < -0.3 is 16.0 Å². The molecular formula is C16H20F3N3O2. The van der Waals surface area contributed by atoms with Gasteiger partial charge >= 0.3 is 12.2 Å². The van der Waals surface area contributed by atoms with Crippen LogP contribution in [-0.2, 0) is 4.79 Å². The second-order valence-electron chi connectivity index (χ2n) is 5.70. The summed E-state index contributed by atoms with van der Waals surface area (Å²) >= 11 is 0. The van der Waals surface area contributed by atoms with Gasteiger partial charge in [-0.25, -0.2) is 4.79 Å². The molecule has 3 N–H and O–H groups in total. The van der Waals surface area contributed by atoms with E-state index in [1.807, 2.05) is 0 Å². The SMILES string of the molecule is O=C(NCC(c1ccccc1)C(F)(F)F)NC1CCCCNC1=O. The van der Waals surface area contributed by atoms with Crippen LogP contribution in [0.25, 0.3) is 0 Å². The molecule has 1 saturated heterocycles. The number of rotatable bonds is 4. The molecule has 5 nitrogen and oxygen atoms in total. The summed E-state index contributed by atoms with van der Waals surface area (Å²) in [7, 11) is 0. The fourth-order valence-electron chi connectivity index (χ4n) is 2.59. The van der Waals surface area contributed by atoms with Crippen LogP contribution < -0.4 is 16.0 Å². The molecule has 0 radical (unpaired) electrons. The molecule has 2 unspecified atom stereocenters. The molecule has 1 aliphatic rings. The quantitative estimate of drug-likeness (QED) is 0.785. The van der Waals surface area contributed by atoms with E-state index < -0.39 is 30.7 Å². The minimum atomic E-state index is -4.48. The molecule has 1 aromatic rings. The van der Waals surface area contributed by atoms with Crippen molar-refractivity contribution in [1.82, 2.24) is 16.0 Å². The Morgan fingerprint density at radius 1 is 1.25 bits per heavy atom. The highest BCUT2D eigenvalue weighted by atomic mass is 19.4. The van der Waals surface area contributed by atoms with Gasteiger partial charge in [-0.1, -0.05) is 30.3 Å². The third-order valence-corrected chi connectivity index (χ3v) is 3.90. The second kappa shape index (κ2) is 8.03. The summed E-state index contributed by atoms with van der Waals surface area (Å²) in [6, 6.07) is 5.92. The number of nitrogens with one attached hydrogen (secondary N) is 3. The zero-order chi connectivity index (χ0) is 17.6. The summed E-state index contributed by atoms with van der Waals surface area (Å²) in [6.07, 6.45) is -2.43. The highest BCUT2D eigenvalue weighted by molar-refractivity contribution is 5.87. The summed E-state index contributed by atoms with van der Waals surface area (Å²) in [4.78, 5) is 23.6. The molecule has 24 heavy (non-hydrogen) atoms. The number of amides is 3. The highest BCUT2D eigenvalue weighted by Crippen LogP contribution is 2.34. The van der Waals surface area contributed by atoms with Gasteiger partial charge in [0.15, 0.2) is 0 Å². The molecule has 0 aromatic heterocycles. The van der Waals surface area contributed by atoms with Crippen LogP contribution in [0.15, 0.2) is 30.3 Å². The summed E-state index contributed by atoms with van der Waals surface area (Å²) in [5.74, 6) is -2.11. The fraction of sp³-hybridized carbons (Fsp3) is 0.500. The number of halogens is 3. The lowest BCUT2D eigenvalue weighted by Gasteiger charge is -2.22. The van der Waals surface area contributed by atoms with Gasteiger partial charge in [0, 0.05) is 13.1 Å². The van der Waals surface area contributed by atoms with Crippen LogP contribution in [0.4, 0.5) is 18.0 Å². The first-order chi connectivity index (χ1) is 11.4. The normalized spacial score (nSPS) is 19.8. The van der Waals surface area contributed by atoms with Crippen LogP contribution in [0.2, 0.25) is 0 Å². The first-order valence-corrected chi connectivity index (χ1v) is 7.81. The van der Waals surface area contributed by atoms with Gasteiger partial charge in [-0.3, -0.25) is 4.79 Å². The molecule has 3 amide bonds. The van der Waals surface area contributed by atoms with E-state index in [1.54, 1.807) is 6.07 Å². The van der Waals surface area contributed by atoms with Gasteiger partial charge in [0.1, 0.15) is 6.04 Å². The van der Waals surface area contributed by atoms with Gasteiger partial charge in [0.2, 0.25) is 5.91 Å². The van der Waals surface area contributed by atoms with Crippen molar-refractivity contribution in [3.8, 4) is 0 Å². The van der Waals surface area contributed by atoms with Gasteiger partial charge in [-0.05, 0) is 24.8 Å². The topological polar surface area (TPSA) is 70.2 Å². The van der Waals surface area contributed by atoms with Crippen LogP contribution in [0.1, 0.15) is 30.7 Å². The average molecular weight is 343 g/mol. The number of urea groups is 1. The number of hydrogen-bond acceptors (Lipinski definition) is 2. The molecule has 1 aromatic carbocycles. The van der Waals surface area contributed by atoms with Crippen molar-refractivity contribution in [2.75, 3.05) is 13.1 Å². The van der Waals surface area contributed by atoms with Crippen molar-refractivity contribution in [3.63, 3.8) is 0 Å². The van der Waals surface area contributed by atoms with E-state index in [2.05, 4.69) is 16.0 Å². The third kappa shape index (κ3) is 5.14. The lowest BCUT2D eigenvalue weighted by atomic mass is 9.98. The molecule has 1 heterocycles. The highest BCUT2D eigenvalue weighted by Gasteiger charge is 2.40. The Morgan fingerprint density at radius 2 is 1.96 bits per heavy atom. The van der Waals surface area contributed by atoms with E-state index in [4.69, 9.17) is 0 Å². The van der Waals surface area contributed by atoms with Gasteiger partial charge in [0.05, 0.1) is 5.92 Å². The maximum atomic E-state index is 13.2. The molecule has 0 saturated carbocycles. The minimum absolute atomic E-state index is 0.0810. The monoisotopic (exact) mass is 343 g/mol. The molecule has 0 aliphatic carbocycles. The molecule has 2 rings (SSSR count). The van der Waals surface area contributed by atoms with E-state index in [0.717, 1.165) is 12.8 Å². The molecule has 0 spiro atoms. The minimum Gasteiger partial charge on any atom is -0.354 e. The van der Waals surface area contributed by atoms with Crippen LogP contribution >= 0.6 is 0 Å². The summed E-state index contributed by atoms with van der Waals surface area (Å²) in [6.45, 7) is -0.0452. The van der Waals surface area contributed by atoms with Gasteiger partial charge in [-0.15, -0.1) is 0 Å². The number of carbonyl (C=O) groups excluding carboxylic acids is 2. The van der Waals surface area contributed by atoms with Crippen LogP contribution in [0.5, 0.6) is 0 Å². The smallest absolute Gasteiger partial charge is 0.354 e. The van der Waals surface area contributed by atoms with E-state index in [9.17, 15) is 22.8 Å². The number of alkyl halides is 3. The Balaban J connectivity index is 1.94. The Hall–Kier alpha value is -2.25. The summed E-state index contributed by atoms with van der Waals surface area (Å²) in [5, 5.41) is 7.32. The van der Waals surface area contributed by atoms with Crippen LogP contribution in [0, 0.1) is 0 Å². The zero-order valence-electron chi connectivity index (χ0n) is 13.0. The van der Waals surface area contributed by atoms with Crippen molar-refractivity contribution in [1.29, 1.82) is 0 Å². The lowest BCUT2D eigenvalue weighted by Crippen LogP contribution is -2.50. The molecule has 2 atom stereocenters. The third-order valence-electron chi connectivity index (χ3n) is 3.90. The zero-order valence-corrected chi connectivity index (χ0v) is 13.0. The van der Waals surface area contributed by atoms with Crippen molar-refractivity contribution < 1.29 is 22.8 Å². The Kier molecular flexibility index (Phi) is 6.05. The first kappa shape index (κ1) is 18.1. The molecule has 0 bridgehead atoms. The van der Waals surface area contributed by atoms with Crippen molar-refractivity contribution in [3.05, 3.63) is 35.9 Å². The maximum absolute atomic E-state index is 13.2. The number of hydrogen-bond donors (Lipinski definition) is 3. The Bertz CT molecular complexity index is 563. The molecule has 1 fully saturated rings. The fourth-order valence-corrected chi connectivity index (χ4v) is 2.59. The molecule has 8 heteroatoms. The van der Waals surface area contributed by atoms with Crippen molar-refractivity contribution in [2.24, 2.45) is 0 Å². The standard InChI is InChI=1S/C16H20F3N3O2/c17-16(18,19)12(11-6-2-1-3-7-11)10-21-15(24)22-13-8-4-5-9-20-14(13)23/h1-3,6-7,12-13H,4-5,8-10H2,(H,20,23)(H2,21,22,24). The summed E-state index contributed by atoms with van der Waals surface area (Å²) < 4.78 is 39.6. The molecular weight excluding hydrogens is 323 g/mol. The second-order valence-corrected chi connectivity index (χ2v) is 5.70. The largest absolute Gasteiger partial charge is 0.397 e. The van der Waals surface area contributed by atoms with E-state index in [1.165, 1.54) is 24.3 Å². The van der Waals surface area contributed by atoms with Crippen LogP contribution in [0.3, 0.4) is 0 Å². The Labute approximate surface area is 138 Å². The van der Waals surface area contributed by atoms with Crippen molar-refractivity contribution in [2.45, 2.75) is 37.4 Å². The lowest BCUT2D eigenvalue weighted by molar-refractivity contribution is -0.149. The van der Waals surface area contributed by atoms with E-state index in [-0.39, 0.29) is 11.5 Å². The summed E-state index contributed by atoms with van der Waals surface area (Å²) in [5.41, 5.74) is 0.0810. The van der Waals surface area contributed by atoms with Crippen molar-refractivity contribution >= 4 is 11.9 Å². The average Bonchev–Trinajstić information content (AvgIpc) is 2.72. The van der Waals surface area contributed by atoms with Gasteiger partial charge in [-0.2, -0.15) is 13.2 Å². The van der Waals surface area contributed by atoms with Crippen LogP contribution in [-0.4, -0.2) is 37.2 Å². The van der Waals surface area contributed by atoms with Gasteiger partial charge in [0.25, 0.3) is 0 Å². The number of benzene rings is 1.